The van der Waals surface area contributed by atoms with E-state index in [1.165, 1.54) is 0 Å². The molecule has 19 heavy (non-hydrogen) atoms. The summed E-state index contributed by atoms with van der Waals surface area (Å²) in [7, 11) is 0. The molecule has 2 N–H and O–H groups in total. The Balaban J connectivity index is 2.03. The molecule has 0 radical (unpaired) electrons. The number of piperidine rings is 1. The van der Waals surface area contributed by atoms with Crippen molar-refractivity contribution in [3.8, 4) is 0 Å². The van der Waals surface area contributed by atoms with Crippen molar-refractivity contribution in [2.24, 2.45) is 5.41 Å². The highest BCUT2D eigenvalue weighted by Crippen LogP contribution is 2.34. The monoisotopic (exact) mass is 269 g/mol. The fraction of sp³-hybridized carbons (Fsp3) is 0.846. The van der Waals surface area contributed by atoms with Gasteiger partial charge in [0, 0.05) is 39.3 Å². The number of urea groups is 1. The lowest BCUT2D eigenvalue weighted by molar-refractivity contribution is -0.152. The van der Waals surface area contributed by atoms with E-state index in [9.17, 15) is 14.7 Å². The summed E-state index contributed by atoms with van der Waals surface area (Å²) in [5.41, 5.74) is -0.748. The number of hydrogen-bond donors (Lipinski definition) is 2. The van der Waals surface area contributed by atoms with Crippen LogP contribution in [-0.4, -0.2) is 66.2 Å². The molecule has 0 bridgehead atoms. The quantitative estimate of drug-likeness (QED) is 0.769. The second kappa shape index (κ2) is 5.77. The van der Waals surface area contributed by atoms with E-state index in [2.05, 4.69) is 5.32 Å². The number of likely N-dealkylation sites (tertiary alicyclic amines) is 1. The molecule has 108 valence electrons. The highest BCUT2D eigenvalue weighted by molar-refractivity contribution is 5.79. The number of amides is 2. The lowest BCUT2D eigenvalue weighted by atomic mass is 9.78. The predicted octanol–water partition coefficient (Wildman–Crippen LogP) is 0.588. The number of aliphatic carboxylic acids is 1. The molecule has 2 aliphatic rings. The Morgan fingerprint density at radius 3 is 2.47 bits per heavy atom. The van der Waals surface area contributed by atoms with E-state index in [0.29, 0.717) is 39.0 Å². The fourth-order valence-electron chi connectivity index (χ4n) is 2.97. The van der Waals surface area contributed by atoms with Gasteiger partial charge in [0.2, 0.25) is 0 Å². The van der Waals surface area contributed by atoms with Crippen LogP contribution in [0.15, 0.2) is 0 Å². The van der Waals surface area contributed by atoms with Gasteiger partial charge in [-0.15, -0.1) is 0 Å². The first kappa shape index (κ1) is 14.1. The van der Waals surface area contributed by atoms with Crippen molar-refractivity contribution in [2.45, 2.75) is 26.2 Å². The average molecular weight is 269 g/mol. The van der Waals surface area contributed by atoms with Gasteiger partial charge in [0.15, 0.2) is 0 Å². The Hall–Kier alpha value is -1.30. The van der Waals surface area contributed by atoms with Gasteiger partial charge in [-0.3, -0.25) is 4.79 Å². The number of nitrogens with zero attached hydrogens (tertiary/aromatic N) is 2. The number of nitrogens with one attached hydrogen (secondary N) is 1. The van der Waals surface area contributed by atoms with E-state index < -0.39 is 11.4 Å². The van der Waals surface area contributed by atoms with Crippen LogP contribution >= 0.6 is 0 Å². The lowest BCUT2D eigenvalue weighted by Gasteiger charge is -2.42. The van der Waals surface area contributed by atoms with Gasteiger partial charge in [0.1, 0.15) is 0 Å². The van der Waals surface area contributed by atoms with Crippen molar-refractivity contribution in [1.29, 1.82) is 0 Å². The van der Waals surface area contributed by atoms with E-state index in [1.54, 1.807) is 4.90 Å². The number of carboxylic acid groups (broad SMARTS) is 1. The highest BCUT2D eigenvalue weighted by Gasteiger charge is 2.42. The second-order valence-corrected chi connectivity index (χ2v) is 5.48. The molecule has 2 heterocycles. The molecular weight excluding hydrogens is 246 g/mol. The largest absolute Gasteiger partial charge is 0.481 e. The van der Waals surface area contributed by atoms with Crippen LogP contribution in [0.3, 0.4) is 0 Å². The standard InChI is InChI=1S/C13H23N3O3/c1-2-13(11(17)18)4-3-7-16(10-13)12(19)15-8-5-14-6-9-15/h14H,2-10H2,1H3,(H,17,18). The van der Waals surface area contributed by atoms with Crippen molar-refractivity contribution in [2.75, 3.05) is 39.3 Å². The number of carboxylic acids is 1. The molecule has 0 saturated carbocycles. The van der Waals surface area contributed by atoms with E-state index in [1.807, 2.05) is 11.8 Å². The Morgan fingerprint density at radius 1 is 1.21 bits per heavy atom. The second-order valence-electron chi connectivity index (χ2n) is 5.48. The van der Waals surface area contributed by atoms with E-state index in [4.69, 9.17) is 0 Å². The molecule has 0 spiro atoms. The Labute approximate surface area is 113 Å². The Bertz CT molecular complexity index is 355. The van der Waals surface area contributed by atoms with Crippen molar-refractivity contribution >= 4 is 12.0 Å². The summed E-state index contributed by atoms with van der Waals surface area (Å²) in [6, 6.07) is 0.000255. The molecular formula is C13H23N3O3. The van der Waals surface area contributed by atoms with E-state index >= 15 is 0 Å². The lowest BCUT2D eigenvalue weighted by Crippen LogP contribution is -2.56. The number of carbonyl (C=O) groups is 2. The van der Waals surface area contributed by atoms with Gasteiger partial charge in [0.05, 0.1) is 5.41 Å². The molecule has 0 aromatic rings. The first-order chi connectivity index (χ1) is 9.09. The number of rotatable bonds is 2. The molecule has 1 unspecified atom stereocenters. The molecule has 0 aromatic carbocycles. The van der Waals surface area contributed by atoms with Crippen molar-refractivity contribution in [3.05, 3.63) is 0 Å². The minimum Gasteiger partial charge on any atom is -0.481 e. The van der Waals surface area contributed by atoms with Gasteiger partial charge in [0.25, 0.3) is 0 Å². The first-order valence-electron chi connectivity index (χ1n) is 7.07. The van der Waals surface area contributed by atoms with Crippen molar-refractivity contribution in [3.63, 3.8) is 0 Å². The third-order valence-electron chi connectivity index (χ3n) is 4.37. The molecule has 6 heteroatoms. The average Bonchev–Trinajstić information content (AvgIpc) is 2.47. The maximum atomic E-state index is 12.4. The predicted molar refractivity (Wildman–Crippen MR) is 71.0 cm³/mol. The summed E-state index contributed by atoms with van der Waals surface area (Å²) in [5, 5.41) is 12.6. The molecule has 0 aliphatic carbocycles. The van der Waals surface area contributed by atoms with Crippen molar-refractivity contribution in [1.82, 2.24) is 15.1 Å². The van der Waals surface area contributed by atoms with Gasteiger partial charge in [-0.05, 0) is 19.3 Å². The number of carbonyl (C=O) groups excluding carboxylic acids is 1. The summed E-state index contributed by atoms with van der Waals surface area (Å²) in [6.45, 7) is 5.98. The summed E-state index contributed by atoms with van der Waals surface area (Å²) in [4.78, 5) is 27.5. The molecule has 0 aromatic heterocycles. The zero-order chi connectivity index (χ0) is 13.9. The molecule has 2 saturated heterocycles. The molecule has 2 rings (SSSR count). The first-order valence-corrected chi connectivity index (χ1v) is 7.07. The van der Waals surface area contributed by atoms with Crippen LogP contribution in [0.2, 0.25) is 0 Å². The molecule has 2 amide bonds. The molecule has 1 atom stereocenters. The van der Waals surface area contributed by atoms with Crippen molar-refractivity contribution < 1.29 is 14.7 Å². The van der Waals surface area contributed by atoms with Gasteiger partial charge < -0.3 is 20.2 Å². The highest BCUT2D eigenvalue weighted by atomic mass is 16.4. The molecule has 2 aliphatic heterocycles. The van der Waals surface area contributed by atoms with Gasteiger partial charge >= 0.3 is 12.0 Å². The van der Waals surface area contributed by atoms with Crippen LogP contribution < -0.4 is 5.32 Å². The summed E-state index contributed by atoms with van der Waals surface area (Å²) in [6.07, 6.45) is 2.02. The SMILES string of the molecule is CCC1(C(=O)O)CCCN(C(=O)N2CCNCC2)C1. The Morgan fingerprint density at radius 2 is 1.89 bits per heavy atom. The van der Waals surface area contributed by atoms with Gasteiger partial charge in [-0.25, -0.2) is 4.79 Å². The van der Waals surface area contributed by atoms with Crippen LogP contribution in [0.5, 0.6) is 0 Å². The van der Waals surface area contributed by atoms with Crippen LogP contribution in [0.4, 0.5) is 4.79 Å². The number of hydrogen-bond acceptors (Lipinski definition) is 3. The minimum atomic E-state index is -0.771. The normalized spacial score (nSPS) is 28.3. The van der Waals surface area contributed by atoms with Crippen LogP contribution in [0.1, 0.15) is 26.2 Å². The fourth-order valence-corrected chi connectivity index (χ4v) is 2.97. The smallest absolute Gasteiger partial charge is 0.320 e. The zero-order valence-corrected chi connectivity index (χ0v) is 11.5. The minimum absolute atomic E-state index is 0.000255. The molecule has 2 fully saturated rings. The number of piperazine rings is 1. The summed E-state index contributed by atoms with van der Waals surface area (Å²) < 4.78 is 0. The topological polar surface area (TPSA) is 72.9 Å². The van der Waals surface area contributed by atoms with Gasteiger partial charge in [-0.1, -0.05) is 6.92 Å². The Kier molecular flexibility index (Phi) is 4.29. The van der Waals surface area contributed by atoms with Crippen LogP contribution in [-0.2, 0) is 4.79 Å². The van der Waals surface area contributed by atoms with Gasteiger partial charge in [-0.2, -0.15) is 0 Å². The molecule has 6 nitrogen and oxygen atoms in total. The van der Waals surface area contributed by atoms with Crippen LogP contribution in [0.25, 0.3) is 0 Å². The summed E-state index contributed by atoms with van der Waals surface area (Å²) in [5.74, 6) is -0.771. The van der Waals surface area contributed by atoms with Crippen LogP contribution in [0, 0.1) is 5.41 Å². The van der Waals surface area contributed by atoms with E-state index in [0.717, 1.165) is 19.5 Å². The third-order valence-corrected chi connectivity index (χ3v) is 4.37. The summed E-state index contributed by atoms with van der Waals surface area (Å²) >= 11 is 0. The maximum Gasteiger partial charge on any atom is 0.320 e. The zero-order valence-electron chi connectivity index (χ0n) is 11.5. The maximum absolute atomic E-state index is 12.4. The third kappa shape index (κ3) is 2.83. The van der Waals surface area contributed by atoms with E-state index in [-0.39, 0.29) is 6.03 Å².